The lowest BCUT2D eigenvalue weighted by Gasteiger charge is -2.26. The van der Waals surface area contributed by atoms with Gasteiger partial charge in [-0.2, -0.15) is 0 Å². The van der Waals surface area contributed by atoms with Crippen molar-refractivity contribution >= 4 is 5.91 Å². The van der Waals surface area contributed by atoms with E-state index in [1.54, 1.807) is 6.92 Å². The van der Waals surface area contributed by atoms with Crippen molar-refractivity contribution in [3.8, 4) is 0 Å². The number of carbonyl (C=O) groups is 1. The van der Waals surface area contributed by atoms with Crippen LogP contribution in [0.5, 0.6) is 0 Å². The highest BCUT2D eigenvalue weighted by Crippen LogP contribution is 2.16. The Hall–Kier alpha value is -0.570. The van der Waals surface area contributed by atoms with Gasteiger partial charge in [0.05, 0.1) is 0 Å². The van der Waals surface area contributed by atoms with Gasteiger partial charge in [0.15, 0.2) is 0 Å². The van der Waals surface area contributed by atoms with E-state index in [9.17, 15) is 4.79 Å². The second-order valence-electron chi connectivity index (χ2n) is 3.32. The summed E-state index contributed by atoms with van der Waals surface area (Å²) in [4.78, 5) is 10.7. The quantitative estimate of drug-likeness (QED) is 0.577. The number of carbonyl (C=O) groups excluding carboxylic acids is 1. The molecule has 0 unspecified atom stereocenters. The van der Waals surface area contributed by atoms with Crippen molar-refractivity contribution < 1.29 is 4.79 Å². The molecule has 11 heavy (non-hydrogen) atoms. The lowest BCUT2D eigenvalue weighted by molar-refractivity contribution is -0.119. The smallest absolute Gasteiger partial charge is 0.217 e. The predicted molar refractivity (Wildman–Crippen MR) is 44.0 cm³/mol. The van der Waals surface area contributed by atoms with Gasteiger partial charge in [-0.25, -0.2) is 0 Å². The summed E-state index contributed by atoms with van der Waals surface area (Å²) in [5.74, 6) is 0.0594. The summed E-state index contributed by atoms with van der Waals surface area (Å²) in [6, 6.07) is 0.622. The monoisotopic (exact) mass is 156 g/mol. The number of amides is 1. The molecule has 0 spiro atoms. The van der Waals surface area contributed by atoms with Gasteiger partial charge < -0.3 is 11.1 Å². The highest BCUT2D eigenvalue weighted by molar-refractivity contribution is 5.73. The standard InChI is InChI=1S/C8H16N2O/c1-6(11)10-8-4-2-3-7(9)5-8/h7-8H,2-5,9H2,1H3,(H,10,11)/t7-,8-/m1/s1. The molecule has 0 radical (unpaired) electrons. The second kappa shape index (κ2) is 3.72. The molecule has 0 bridgehead atoms. The zero-order valence-corrected chi connectivity index (χ0v) is 6.97. The van der Waals surface area contributed by atoms with Gasteiger partial charge in [0.1, 0.15) is 0 Å². The fourth-order valence-electron chi connectivity index (χ4n) is 1.65. The van der Waals surface area contributed by atoms with E-state index >= 15 is 0 Å². The normalized spacial score (nSPS) is 31.5. The van der Waals surface area contributed by atoms with Crippen LogP contribution < -0.4 is 11.1 Å². The minimum absolute atomic E-state index is 0.0594. The highest BCUT2D eigenvalue weighted by atomic mass is 16.1. The molecule has 0 heterocycles. The maximum atomic E-state index is 10.7. The first-order valence-corrected chi connectivity index (χ1v) is 4.21. The summed E-state index contributed by atoms with van der Waals surface area (Å²) >= 11 is 0. The summed E-state index contributed by atoms with van der Waals surface area (Å²) in [6.45, 7) is 1.56. The Morgan fingerprint density at radius 1 is 1.55 bits per heavy atom. The molecule has 0 saturated heterocycles. The summed E-state index contributed by atoms with van der Waals surface area (Å²) in [5, 5.41) is 2.89. The number of nitrogens with two attached hydrogens (primary N) is 1. The summed E-state index contributed by atoms with van der Waals surface area (Å²) in [5.41, 5.74) is 5.75. The van der Waals surface area contributed by atoms with Gasteiger partial charge in [-0.3, -0.25) is 4.79 Å². The van der Waals surface area contributed by atoms with E-state index < -0.39 is 0 Å². The molecule has 1 amide bonds. The third-order valence-electron chi connectivity index (χ3n) is 2.12. The molecule has 0 aromatic rings. The summed E-state index contributed by atoms with van der Waals surface area (Å²) in [6.07, 6.45) is 4.29. The summed E-state index contributed by atoms with van der Waals surface area (Å²) < 4.78 is 0. The van der Waals surface area contributed by atoms with Crippen LogP contribution in [-0.2, 0) is 4.79 Å². The van der Waals surface area contributed by atoms with Crippen LogP contribution >= 0.6 is 0 Å². The molecule has 2 atom stereocenters. The van der Waals surface area contributed by atoms with Crippen molar-refractivity contribution in [2.45, 2.75) is 44.7 Å². The minimum atomic E-state index is 0.0594. The van der Waals surface area contributed by atoms with Crippen molar-refractivity contribution in [3.05, 3.63) is 0 Å². The molecule has 64 valence electrons. The van der Waals surface area contributed by atoms with E-state index in [4.69, 9.17) is 5.73 Å². The van der Waals surface area contributed by atoms with E-state index in [0.717, 1.165) is 25.7 Å². The van der Waals surface area contributed by atoms with E-state index in [0.29, 0.717) is 12.1 Å². The Labute approximate surface area is 67.3 Å². The summed E-state index contributed by atoms with van der Waals surface area (Å²) in [7, 11) is 0. The van der Waals surface area contributed by atoms with E-state index in [1.807, 2.05) is 0 Å². The molecule has 3 nitrogen and oxygen atoms in total. The largest absolute Gasteiger partial charge is 0.354 e. The molecular weight excluding hydrogens is 140 g/mol. The average Bonchev–Trinajstić information content (AvgIpc) is 1.85. The Morgan fingerprint density at radius 3 is 2.82 bits per heavy atom. The Morgan fingerprint density at radius 2 is 2.27 bits per heavy atom. The SMILES string of the molecule is CC(=O)N[C@@H]1CCC[C@@H](N)C1. The van der Waals surface area contributed by atoms with Crippen molar-refractivity contribution in [3.63, 3.8) is 0 Å². The molecule has 0 aromatic heterocycles. The fourth-order valence-corrected chi connectivity index (χ4v) is 1.65. The Kier molecular flexibility index (Phi) is 2.88. The lowest BCUT2D eigenvalue weighted by atomic mass is 9.92. The van der Waals surface area contributed by atoms with Gasteiger partial charge >= 0.3 is 0 Å². The van der Waals surface area contributed by atoms with Gasteiger partial charge in [-0.05, 0) is 25.7 Å². The first kappa shape index (κ1) is 8.53. The van der Waals surface area contributed by atoms with Crippen LogP contribution in [0.1, 0.15) is 32.6 Å². The number of hydrogen-bond donors (Lipinski definition) is 2. The van der Waals surface area contributed by atoms with Gasteiger partial charge in [-0.1, -0.05) is 0 Å². The Balaban J connectivity index is 2.28. The van der Waals surface area contributed by atoms with Crippen LogP contribution in [0.15, 0.2) is 0 Å². The van der Waals surface area contributed by atoms with Crippen LogP contribution in [0.25, 0.3) is 0 Å². The maximum absolute atomic E-state index is 10.7. The van der Waals surface area contributed by atoms with E-state index in [2.05, 4.69) is 5.32 Å². The fraction of sp³-hybridized carbons (Fsp3) is 0.875. The number of nitrogens with one attached hydrogen (secondary N) is 1. The number of rotatable bonds is 1. The molecular formula is C8H16N2O. The van der Waals surface area contributed by atoms with Crippen molar-refractivity contribution in [1.82, 2.24) is 5.32 Å². The first-order valence-electron chi connectivity index (χ1n) is 4.21. The molecule has 1 rings (SSSR count). The zero-order chi connectivity index (χ0) is 8.27. The molecule has 3 heteroatoms. The van der Waals surface area contributed by atoms with E-state index in [1.165, 1.54) is 0 Å². The maximum Gasteiger partial charge on any atom is 0.217 e. The Bertz CT molecular complexity index is 147. The second-order valence-corrected chi connectivity index (χ2v) is 3.32. The molecule has 3 N–H and O–H groups in total. The molecule has 0 aromatic carbocycles. The third-order valence-corrected chi connectivity index (χ3v) is 2.12. The van der Waals surface area contributed by atoms with Gasteiger partial charge in [-0.15, -0.1) is 0 Å². The van der Waals surface area contributed by atoms with Crippen LogP contribution in [0, 0.1) is 0 Å². The molecule has 1 aliphatic carbocycles. The predicted octanol–water partition coefficient (Wildman–Crippen LogP) is 0.392. The van der Waals surface area contributed by atoms with E-state index in [-0.39, 0.29) is 5.91 Å². The van der Waals surface area contributed by atoms with Gasteiger partial charge in [0.2, 0.25) is 5.91 Å². The highest BCUT2D eigenvalue weighted by Gasteiger charge is 2.18. The van der Waals surface area contributed by atoms with Gasteiger partial charge in [0, 0.05) is 19.0 Å². The topological polar surface area (TPSA) is 55.1 Å². The first-order chi connectivity index (χ1) is 5.18. The lowest BCUT2D eigenvalue weighted by Crippen LogP contribution is -2.41. The van der Waals surface area contributed by atoms with Crippen LogP contribution in [-0.4, -0.2) is 18.0 Å². The molecule has 1 aliphatic rings. The van der Waals surface area contributed by atoms with Crippen molar-refractivity contribution in [1.29, 1.82) is 0 Å². The van der Waals surface area contributed by atoms with Crippen LogP contribution in [0.3, 0.4) is 0 Å². The van der Waals surface area contributed by atoms with Gasteiger partial charge in [0.25, 0.3) is 0 Å². The molecule has 0 aliphatic heterocycles. The van der Waals surface area contributed by atoms with Crippen molar-refractivity contribution in [2.75, 3.05) is 0 Å². The zero-order valence-electron chi connectivity index (χ0n) is 6.97. The minimum Gasteiger partial charge on any atom is -0.354 e. The molecule has 1 fully saturated rings. The van der Waals surface area contributed by atoms with Crippen LogP contribution in [0.4, 0.5) is 0 Å². The molecule has 1 saturated carbocycles. The van der Waals surface area contributed by atoms with Crippen molar-refractivity contribution in [2.24, 2.45) is 5.73 Å². The van der Waals surface area contributed by atoms with Crippen LogP contribution in [0.2, 0.25) is 0 Å². The third kappa shape index (κ3) is 2.89. The average molecular weight is 156 g/mol. The number of hydrogen-bond acceptors (Lipinski definition) is 2.